The summed E-state index contributed by atoms with van der Waals surface area (Å²) in [7, 11) is 3.81. The van der Waals surface area contributed by atoms with Crippen molar-refractivity contribution < 1.29 is 4.74 Å². The van der Waals surface area contributed by atoms with Crippen LogP contribution in [0.1, 0.15) is 22.7 Å². The van der Waals surface area contributed by atoms with Crippen LogP contribution in [-0.2, 0) is 4.74 Å². The Morgan fingerprint density at radius 3 is 2.53 bits per heavy atom. The Morgan fingerprint density at radius 1 is 1.29 bits per heavy atom. The van der Waals surface area contributed by atoms with Gasteiger partial charge in [-0.05, 0) is 37.6 Å². The predicted molar refractivity (Wildman–Crippen MR) is 72.2 cm³/mol. The molecule has 0 amide bonds. The van der Waals surface area contributed by atoms with Gasteiger partial charge in [-0.3, -0.25) is 4.90 Å². The van der Waals surface area contributed by atoms with Gasteiger partial charge in [0.25, 0.3) is 0 Å². The Balaban J connectivity index is 2.81. The van der Waals surface area contributed by atoms with Crippen molar-refractivity contribution in [2.24, 2.45) is 5.73 Å². The minimum Gasteiger partial charge on any atom is -0.383 e. The van der Waals surface area contributed by atoms with Crippen LogP contribution in [0.2, 0.25) is 0 Å². The SMILES string of the molecule is COCCN(C)C(CN)c1ccc(C)c(C)c1. The molecule has 3 nitrogen and oxygen atoms in total. The van der Waals surface area contributed by atoms with Gasteiger partial charge in [0.05, 0.1) is 6.61 Å². The van der Waals surface area contributed by atoms with Crippen LogP contribution in [0, 0.1) is 13.8 Å². The number of rotatable bonds is 6. The van der Waals surface area contributed by atoms with Crippen LogP contribution in [0.5, 0.6) is 0 Å². The van der Waals surface area contributed by atoms with Crippen molar-refractivity contribution in [2.75, 3.05) is 33.9 Å². The average molecular weight is 236 g/mol. The molecular weight excluding hydrogens is 212 g/mol. The summed E-state index contributed by atoms with van der Waals surface area (Å²) in [6.07, 6.45) is 0. The van der Waals surface area contributed by atoms with Crippen molar-refractivity contribution in [1.82, 2.24) is 4.90 Å². The molecule has 3 heteroatoms. The molecular formula is C14H24N2O. The van der Waals surface area contributed by atoms with Crippen molar-refractivity contribution in [3.05, 3.63) is 34.9 Å². The van der Waals surface area contributed by atoms with Crippen molar-refractivity contribution >= 4 is 0 Å². The van der Waals surface area contributed by atoms with Gasteiger partial charge in [0.2, 0.25) is 0 Å². The Morgan fingerprint density at radius 2 is 2.00 bits per heavy atom. The molecule has 1 aromatic rings. The third kappa shape index (κ3) is 3.80. The molecule has 96 valence electrons. The topological polar surface area (TPSA) is 38.5 Å². The Labute approximate surface area is 105 Å². The van der Waals surface area contributed by atoms with Gasteiger partial charge in [-0.25, -0.2) is 0 Å². The Hall–Kier alpha value is -0.900. The maximum Gasteiger partial charge on any atom is 0.0589 e. The largest absolute Gasteiger partial charge is 0.383 e. The van der Waals surface area contributed by atoms with E-state index in [9.17, 15) is 0 Å². The summed E-state index contributed by atoms with van der Waals surface area (Å²) in [4.78, 5) is 2.24. The molecule has 0 fully saturated rings. The summed E-state index contributed by atoms with van der Waals surface area (Å²) in [5.74, 6) is 0. The summed E-state index contributed by atoms with van der Waals surface area (Å²) in [5, 5.41) is 0. The van der Waals surface area contributed by atoms with E-state index in [-0.39, 0.29) is 6.04 Å². The van der Waals surface area contributed by atoms with E-state index >= 15 is 0 Å². The van der Waals surface area contributed by atoms with Crippen molar-refractivity contribution in [1.29, 1.82) is 0 Å². The van der Waals surface area contributed by atoms with Gasteiger partial charge in [0.1, 0.15) is 0 Å². The van der Waals surface area contributed by atoms with Gasteiger partial charge < -0.3 is 10.5 Å². The van der Waals surface area contributed by atoms with Crippen molar-refractivity contribution in [3.63, 3.8) is 0 Å². The number of nitrogens with two attached hydrogens (primary N) is 1. The van der Waals surface area contributed by atoms with Crippen LogP contribution >= 0.6 is 0 Å². The maximum atomic E-state index is 5.88. The van der Waals surface area contributed by atoms with E-state index in [2.05, 4.69) is 44.0 Å². The highest BCUT2D eigenvalue weighted by Gasteiger charge is 2.15. The minimum absolute atomic E-state index is 0.268. The first-order valence-electron chi connectivity index (χ1n) is 6.06. The zero-order valence-electron chi connectivity index (χ0n) is 11.4. The first kappa shape index (κ1) is 14.2. The van der Waals surface area contributed by atoms with Crippen molar-refractivity contribution in [3.8, 4) is 0 Å². The molecule has 0 saturated carbocycles. The number of benzene rings is 1. The van der Waals surface area contributed by atoms with E-state index in [1.807, 2.05) is 0 Å². The van der Waals surface area contributed by atoms with Gasteiger partial charge in [-0.2, -0.15) is 0 Å². The number of aryl methyl sites for hydroxylation is 2. The van der Waals surface area contributed by atoms with E-state index in [1.165, 1.54) is 16.7 Å². The first-order chi connectivity index (χ1) is 8.10. The van der Waals surface area contributed by atoms with E-state index in [1.54, 1.807) is 7.11 Å². The number of ether oxygens (including phenoxy) is 1. The fraction of sp³-hybridized carbons (Fsp3) is 0.571. The third-order valence-electron chi connectivity index (χ3n) is 3.32. The van der Waals surface area contributed by atoms with Gasteiger partial charge in [0, 0.05) is 26.2 Å². The fourth-order valence-corrected chi connectivity index (χ4v) is 1.93. The summed E-state index contributed by atoms with van der Waals surface area (Å²) < 4.78 is 5.10. The van der Waals surface area contributed by atoms with Crippen LogP contribution in [0.3, 0.4) is 0 Å². The standard InChI is InChI=1S/C14H24N2O/c1-11-5-6-13(9-12(11)2)14(10-15)16(3)7-8-17-4/h5-6,9,14H,7-8,10,15H2,1-4H3. The molecule has 1 unspecified atom stereocenters. The molecule has 0 spiro atoms. The van der Waals surface area contributed by atoms with Gasteiger partial charge in [-0.1, -0.05) is 18.2 Å². The van der Waals surface area contributed by atoms with Gasteiger partial charge >= 0.3 is 0 Å². The smallest absolute Gasteiger partial charge is 0.0589 e. The third-order valence-corrected chi connectivity index (χ3v) is 3.32. The van der Waals surface area contributed by atoms with E-state index in [0.29, 0.717) is 6.54 Å². The van der Waals surface area contributed by atoms with E-state index in [0.717, 1.165) is 13.2 Å². The van der Waals surface area contributed by atoms with Crippen molar-refractivity contribution in [2.45, 2.75) is 19.9 Å². The van der Waals surface area contributed by atoms with Crippen LogP contribution in [-0.4, -0.2) is 38.8 Å². The van der Waals surface area contributed by atoms with E-state index in [4.69, 9.17) is 10.5 Å². The molecule has 2 N–H and O–H groups in total. The second-order valence-electron chi connectivity index (χ2n) is 4.57. The highest BCUT2D eigenvalue weighted by molar-refractivity contribution is 5.31. The highest BCUT2D eigenvalue weighted by atomic mass is 16.5. The van der Waals surface area contributed by atoms with Gasteiger partial charge in [0.15, 0.2) is 0 Å². The van der Waals surface area contributed by atoms with Crippen LogP contribution in [0.4, 0.5) is 0 Å². The quantitative estimate of drug-likeness (QED) is 0.819. The second-order valence-corrected chi connectivity index (χ2v) is 4.57. The van der Waals surface area contributed by atoms with Crippen LogP contribution in [0.15, 0.2) is 18.2 Å². The molecule has 1 atom stereocenters. The molecule has 1 rings (SSSR count). The molecule has 0 radical (unpaired) electrons. The summed E-state index contributed by atoms with van der Waals surface area (Å²) in [6.45, 7) is 6.53. The molecule has 0 aliphatic heterocycles. The summed E-state index contributed by atoms with van der Waals surface area (Å²) >= 11 is 0. The molecule has 0 bridgehead atoms. The molecule has 17 heavy (non-hydrogen) atoms. The molecule has 1 aromatic carbocycles. The zero-order chi connectivity index (χ0) is 12.8. The summed E-state index contributed by atoms with van der Waals surface area (Å²) in [6, 6.07) is 6.83. The minimum atomic E-state index is 0.268. The fourth-order valence-electron chi connectivity index (χ4n) is 1.93. The van der Waals surface area contributed by atoms with Crippen LogP contribution in [0.25, 0.3) is 0 Å². The Bertz CT molecular complexity index is 352. The maximum absolute atomic E-state index is 5.88. The lowest BCUT2D eigenvalue weighted by molar-refractivity contribution is 0.140. The molecule has 0 aromatic heterocycles. The number of methoxy groups -OCH3 is 1. The lowest BCUT2D eigenvalue weighted by Gasteiger charge is -2.27. The normalized spacial score (nSPS) is 13.1. The average Bonchev–Trinajstić information content (AvgIpc) is 2.32. The molecule has 0 saturated heterocycles. The Kier molecular flexibility index (Phi) is 5.62. The van der Waals surface area contributed by atoms with E-state index < -0.39 is 0 Å². The summed E-state index contributed by atoms with van der Waals surface area (Å²) in [5.41, 5.74) is 9.81. The number of hydrogen-bond acceptors (Lipinski definition) is 3. The zero-order valence-corrected chi connectivity index (χ0v) is 11.4. The number of likely N-dealkylation sites (N-methyl/N-ethyl adjacent to an activating group) is 1. The molecule has 0 aliphatic carbocycles. The molecule has 0 heterocycles. The monoisotopic (exact) mass is 236 g/mol. The number of nitrogens with zero attached hydrogens (tertiary/aromatic N) is 1. The number of hydrogen-bond donors (Lipinski definition) is 1. The lowest BCUT2D eigenvalue weighted by Crippen LogP contribution is -2.33. The van der Waals surface area contributed by atoms with Crippen LogP contribution < -0.4 is 5.73 Å². The second kappa shape index (κ2) is 6.74. The predicted octanol–water partition coefficient (Wildman–Crippen LogP) is 1.88. The van der Waals surface area contributed by atoms with Gasteiger partial charge in [-0.15, -0.1) is 0 Å². The first-order valence-corrected chi connectivity index (χ1v) is 6.06. The highest BCUT2D eigenvalue weighted by Crippen LogP contribution is 2.20. The molecule has 0 aliphatic rings. The lowest BCUT2D eigenvalue weighted by atomic mass is 10.0.